The fourth-order valence-corrected chi connectivity index (χ4v) is 2.72. The fraction of sp³-hybridized carbons (Fsp3) is 0.286. The predicted molar refractivity (Wildman–Crippen MR) is 106 cm³/mol. The Kier molecular flexibility index (Phi) is 6.33. The van der Waals surface area contributed by atoms with Crippen LogP contribution >= 0.6 is 0 Å². The highest BCUT2D eigenvalue weighted by Gasteiger charge is 2.31. The van der Waals surface area contributed by atoms with Crippen molar-refractivity contribution in [1.29, 1.82) is 0 Å². The van der Waals surface area contributed by atoms with E-state index in [0.717, 1.165) is 0 Å². The number of anilines is 2. The van der Waals surface area contributed by atoms with E-state index in [1.54, 1.807) is 48.5 Å². The second kappa shape index (κ2) is 9.09. The summed E-state index contributed by atoms with van der Waals surface area (Å²) in [6.45, 7) is 3.89. The van der Waals surface area contributed by atoms with E-state index in [1.165, 1.54) is 6.92 Å². The van der Waals surface area contributed by atoms with Crippen molar-refractivity contribution in [2.75, 3.05) is 17.2 Å². The number of ether oxygens (including phenoxy) is 3. The number of fused-ring (bicyclic) bond motifs is 1. The minimum absolute atomic E-state index is 0.305. The Morgan fingerprint density at radius 3 is 2.62 bits per heavy atom. The SMILES string of the molecule is CCOc1ccc(NC(=O)[C@H](C)OC(=O)C[C@@H]2Oc3ccccc3NC2=O)cc1. The highest BCUT2D eigenvalue weighted by Crippen LogP contribution is 2.29. The van der Waals surface area contributed by atoms with Gasteiger partial charge in [0.05, 0.1) is 18.7 Å². The molecule has 0 bridgehead atoms. The lowest BCUT2D eigenvalue weighted by atomic mass is 10.1. The number of carbonyl (C=O) groups is 3. The van der Waals surface area contributed by atoms with Gasteiger partial charge in [0.25, 0.3) is 11.8 Å². The summed E-state index contributed by atoms with van der Waals surface area (Å²) in [5.41, 5.74) is 1.10. The standard InChI is InChI=1S/C21H22N2O6/c1-3-27-15-10-8-14(9-11-15)22-20(25)13(2)28-19(24)12-18-21(26)23-16-6-4-5-7-17(16)29-18/h4-11,13,18H,3,12H2,1-2H3,(H,22,25)(H,23,26)/t13-,18-/m0/s1. The number of hydrogen-bond donors (Lipinski definition) is 2. The van der Waals surface area contributed by atoms with Gasteiger partial charge in [0, 0.05) is 5.69 Å². The minimum Gasteiger partial charge on any atom is -0.494 e. The average molecular weight is 398 g/mol. The summed E-state index contributed by atoms with van der Waals surface area (Å²) in [6.07, 6.45) is -2.35. The first-order valence-corrected chi connectivity index (χ1v) is 9.26. The molecule has 1 aliphatic rings. The molecular weight excluding hydrogens is 376 g/mol. The van der Waals surface area contributed by atoms with E-state index in [-0.39, 0.29) is 6.42 Å². The highest BCUT2D eigenvalue weighted by atomic mass is 16.6. The van der Waals surface area contributed by atoms with Crippen molar-refractivity contribution in [3.8, 4) is 11.5 Å². The van der Waals surface area contributed by atoms with E-state index >= 15 is 0 Å². The Hall–Kier alpha value is -3.55. The number of carbonyl (C=O) groups excluding carboxylic acids is 3. The second-order valence-corrected chi connectivity index (χ2v) is 6.37. The van der Waals surface area contributed by atoms with Gasteiger partial charge in [0.15, 0.2) is 12.2 Å². The number of amides is 2. The molecule has 0 aromatic heterocycles. The Labute approximate surface area is 168 Å². The number of nitrogens with one attached hydrogen (secondary N) is 2. The summed E-state index contributed by atoms with van der Waals surface area (Å²) in [6, 6.07) is 13.8. The van der Waals surface area contributed by atoms with E-state index in [2.05, 4.69) is 10.6 Å². The number of hydrogen-bond acceptors (Lipinski definition) is 6. The molecule has 0 aliphatic carbocycles. The first-order valence-electron chi connectivity index (χ1n) is 9.26. The maximum atomic E-state index is 12.2. The molecular formula is C21H22N2O6. The topological polar surface area (TPSA) is 103 Å². The average Bonchev–Trinajstić information content (AvgIpc) is 2.70. The van der Waals surface area contributed by atoms with E-state index < -0.39 is 30.0 Å². The summed E-state index contributed by atoms with van der Waals surface area (Å²) < 4.78 is 16.1. The van der Waals surface area contributed by atoms with Crippen molar-refractivity contribution in [2.24, 2.45) is 0 Å². The van der Waals surface area contributed by atoms with Gasteiger partial charge in [-0.15, -0.1) is 0 Å². The van der Waals surface area contributed by atoms with Crippen LogP contribution in [0.3, 0.4) is 0 Å². The largest absolute Gasteiger partial charge is 0.494 e. The van der Waals surface area contributed by atoms with Crippen molar-refractivity contribution in [3.05, 3.63) is 48.5 Å². The molecule has 2 amide bonds. The predicted octanol–water partition coefficient (Wildman–Crippen LogP) is 2.75. The minimum atomic E-state index is -1.03. The molecule has 0 spiro atoms. The van der Waals surface area contributed by atoms with Crippen LogP contribution in [-0.2, 0) is 19.1 Å². The maximum absolute atomic E-state index is 12.2. The van der Waals surface area contributed by atoms with Crippen LogP contribution in [0.2, 0.25) is 0 Å². The second-order valence-electron chi connectivity index (χ2n) is 6.37. The highest BCUT2D eigenvalue weighted by molar-refractivity contribution is 6.00. The molecule has 1 heterocycles. The van der Waals surface area contributed by atoms with Crippen molar-refractivity contribution in [2.45, 2.75) is 32.5 Å². The fourth-order valence-electron chi connectivity index (χ4n) is 2.72. The van der Waals surface area contributed by atoms with Crippen LogP contribution in [0.15, 0.2) is 48.5 Å². The van der Waals surface area contributed by atoms with Crippen molar-refractivity contribution >= 4 is 29.2 Å². The van der Waals surface area contributed by atoms with Crippen LogP contribution in [0.5, 0.6) is 11.5 Å². The Bertz CT molecular complexity index is 896. The molecule has 2 aromatic carbocycles. The van der Waals surface area contributed by atoms with Crippen LogP contribution < -0.4 is 20.1 Å². The van der Waals surface area contributed by atoms with Crippen LogP contribution in [-0.4, -0.2) is 36.6 Å². The molecule has 1 aliphatic heterocycles. The summed E-state index contributed by atoms with van der Waals surface area (Å²) >= 11 is 0. The zero-order chi connectivity index (χ0) is 20.8. The van der Waals surface area contributed by atoms with Crippen molar-refractivity contribution in [3.63, 3.8) is 0 Å². The normalized spacial score (nSPS) is 15.9. The number of benzene rings is 2. The third kappa shape index (κ3) is 5.25. The lowest BCUT2D eigenvalue weighted by molar-refractivity contribution is -0.155. The molecule has 0 fully saturated rings. The molecule has 29 heavy (non-hydrogen) atoms. The van der Waals surface area contributed by atoms with E-state index in [1.807, 2.05) is 6.92 Å². The van der Waals surface area contributed by atoms with Crippen LogP contribution in [0.1, 0.15) is 20.3 Å². The van der Waals surface area contributed by atoms with Crippen LogP contribution in [0.25, 0.3) is 0 Å². The molecule has 2 atom stereocenters. The molecule has 2 aromatic rings. The third-order valence-corrected chi connectivity index (χ3v) is 4.17. The molecule has 0 radical (unpaired) electrons. The third-order valence-electron chi connectivity index (χ3n) is 4.17. The first kappa shape index (κ1) is 20.2. The van der Waals surface area contributed by atoms with Gasteiger partial charge in [0.1, 0.15) is 11.5 Å². The summed E-state index contributed by atoms with van der Waals surface area (Å²) in [7, 11) is 0. The van der Waals surface area contributed by atoms with E-state index in [0.29, 0.717) is 29.5 Å². The number of rotatable bonds is 7. The Morgan fingerprint density at radius 2 is 1.90 bits per heavy atom. The molecule has 0 saturated heterocycles. The lowest BCUT2D eigenvalue weighted by Gasteiger charge is -2.25. The smallest absolute Gasteiger partial charge is 0.310 e. The molecule has 0 unspecified atom stereocenters. The molecule has 2 N–H and O–H groups in total. The molecule has 8 heteroatoms. The zero-order valence-electron chi connectivity index (χ0n) is 16.1. The summed E-state index contributed by atoms with van der Waals surface area (Å²) in [4.78, 5) is 36.5. The summed E-state index contributed by atoms with van der Waals surface area (Å²) in [5, 5.41) is 5.34. The zero-order valence-corrected chi connectivity index (χ0v) is 16.1. The molecule has 8 nitrogen and oxygen atoms in total. The van der Waals surface area contributed by atoms with Gasteiger partial charge in [0.2, 0.25) is 0 Å². The Balaban J connectivity index is 1.51. The lowest BCUT2D eigenvalue weighted by Crippen LogP contribution is -2.40. The van der Waals surface area contributed by atoms with Crippen LogP contribution in [0, 0.1) is 0 Å². The van der Waals surface area contributed by atoms with Gasteiger partial charge in [-0.1, -0.05) is 12.1 Å². The van der Waals surface area contributed by atoms with Crippen molar-refractivity contribution in [1.82, 2.24) is 0 Å². The summed E-state index contributed by atoms with van der Waals surface area (Å²) in [5.74, 6) is -0.462. The Morgan fingerprint density at radius 1 is 1.17 bits per heavy atom. The maximum Gasteiger partial charge on any atom is 0.310 e. The van der Waals surface area contributed by atoms with Gasteiger partial charge in [-0.05, 0) is 50.2 Å². The van der Waals surface area contributed by atoms with Gasteiger partial charge in [-0.2, -0.15) is 0 Å². The monoisotopic (exact) mass is 398 g/mol. The molecule has 3 rings (SSSR count). The van der Waals surface area contributed by atoms with Crippen LogP contribution in [0.4, 0.5) is 11.4 Å². The van der Waals surface area contributed by atoms with E-state index in [9.17, 15) is 14.4 Å². The number of para-hydroxylation sites is 2. The van der Waals surface area contributed by atoms with E-state index in [4.69, 9.17) is 14.2 Å². The van der Waals surface area contributed by atoms with Gasteiger partial charge in [-0.25, -0.2) is 0 Å². The number of esters is 1. The molecule has 0 saturated carbocycles. The van der Waals surface area contributed by atoms with Crippen molar-refractivity contribution < 1.29 is 28.6 Å². The molecule has 152 valence electrons. The van der Waals surface area contributed by atoms with Gasteiger partial charge in [-0.3, -0.25) is 14.4 Å². The van der Waals surface area contributed by atoms with Gasteiger partial charge >= 0.3 is 5.97 Å². The first-order chi connectivity index (χ1) is 14.0. The quantitative estimate of drug-likeness (QED) is 0.695. The van der Waals surface area contributed by atoms with Gasteiger partial charge < -0.3 is 24.8 Å².